The van der Waals surface area contributed by atoms with E-state index in [1.54, 1.807) is 0 Å². The van der Waals surface area contributed by atoms with Crippen LogP contribution in [0.2, 0.25) is 0 Å². The topological polar surface area (TPSA) is 51.2 Å². The molecule has 0 amide bonds. The maximum atomic E-state index is 10.6. The van der Waals surface area contributed by atoms with Crippen molar-refractivity contribution in [3.05, 3.63) is 0 Å². The van der Waals surface area contributed by atoms with E-state index in [-0.39, 0.29) is 41.3 Å². The van der Waals surface area contributed by atoms with E-state index in [1.165, 1.54) is 20.8 Å². The van der Waals surface area contributed by atoms with E-state index in [0.717, 1.165) is 0 Å². The molecule has 0 aliphatic carbocycles. The van der Waals surface area contributed by atoms with Crippen molar-refractivity contribution in [3.63, 3.8) is 0 Å². The molecule has 4 heteroatoms. The van der Waals surface area contributed by atoms with Crippen molar-refractivity contribution in [2.24, 2.45) is 5.92 Å². The minimum absolute atomic E-state index is 0. The molecule has 0 saturated carbocycles. The van der Waals surface area contributed by atoms with Crippen molar-refractivity contribution in [2.75, 3.05) is 0 Å². The Labute approximate surface area is 82.5 Å². The van der Waals surface area contributed by atoms with Gasteiger partial charge in [-0.2, -0.15) is 0 Å². The second-order valence-electron chi connectivity index (χ2n) is 2.26. The summed E-state index contributed by atoms with van der Waals surface area (Å²) in [6, 6.07) is 0. The molecule has 60 valence electrons. The summed E-state index contributed by atoms with van der Waals surface area (Å²) >= 11 is 0. The molecule has 0 rings (SSSR count). The van der Waals surface area contributed by atoms with Gasteiger partial charge in [0.15, 0.2) is 0 Å². The molecule has 0 unspecified atom stereocenters. The molecule has 0 aliphatic heterocycles. The molecule has 0 N–H and O–H groups in total. The van der Waals surface area contributed by atoms with Crippen LogP contribution in [0.3, 0.4) is 0 Å². The molecule has 0 fully saturated rings. The van der Waals surface area contributed by atoms with Gasteiger partial charge < -0.3 is 0 Å². The normalized spacial score (nSPS) is 8.73. The average molecular weight is 261 g/mol. The zero-order valence-electron chi connectivity index (χ0n) is 6.80. The predicted octanol–water partition coefficient (Wildman–Crippen LogP) is -0.0112. The molecule has 0 saturated heterocycles. The van der Waals surface area contributed by atoms with Gasteiger partial charge in [-0.15, -0.1) is 0 Å². The monoisotopic (exact) mass is 262 g/mol. The zero-order chi connectivity index (χ0) is 8.31. The molecule has 0 spiro atoms. The van der Waals surface area contributed by atoms with Crippen molar-refractivity contribution in [2.45, 2.75) is 20.8 Å². The number of carbonyl (C=O) groups excluding carboxylic acids is 3. The number of Topliss-reactive ketones (excluding diaryl/α,β-unsaturated/α-hetero) is 3. The van der Waals surface area contributed by atoms with Gasteiger partial charge in [0.25, 0.3) is 0 Å². The molecule has 11 heavy (non-hydrogen) atoms. The first-order valence-corrected chi connectivity index (χ1v) is 2.98. The van der Waals surface area contributed by atoms with Crippen molar-refractivity contribution < 1.29 is 14.4 Å². The van der Waals surface area contributed by atoms with Gasteiger partial charge in [0.2, 0.25) is 0 Å². The Hall–Kier alpha value is -0.191. The van der Waals surface area contributed by atoms with E-state index < -0.39 is 5.92 Å². The van der Waals surface area contributed by atoms with Crippen LogP contribution >= 0.6 is 0 Å². The van der Waals surface area contributed by atoms with Gasteiger partial charge in [0.1, 0.15) is 23.3 Å². The second-order valence-corrected chi connectivity index (χ2v) is 2.26. The minimum Gasteiger partial charge on any atom is -0.299 e. The van der Waals surface area contributed by atoms with E-state index in [9.17, 15) is 14.4 Å². The van der Waals surface area contributed by atoms with Gasteiger partial charge in [-0.3, -0.25) is 14.4 Å². The SMILES string of the molecule is CC(=O)C(C(C)=O)C(C)=O.[Sn]. The van der Waals surface area contributed by atoms with E-state index in [2.05, 4.69) is 0 Å². The number of hydrogen-bond acceptors (Lipinski definition) is 3. The van der Waals surface area contributed by atoms with Crippen molar-refractivity contribution >= 4 is 41.3 Å². The van der Waals surface area contributed by atoms with Gasteiger partial charge in [0.05, 0.1) is 0 Å². The van der Waals surface area contributed by atoms with Crippen LogP contribution in [0.1, 0.15) is 20.8 Å². The Balaban J connectivity index is 0. The largest absolute Gasteiger partial charge is 0.299 e. The molecule has 3 nitrogen and oxygen atoms in total. The molecule has 0 aromatic rings. The Morgan fingerprint density at radius 2 is 1.00 bits per heavy atom. The van der Waals surface area contributed by atoms with Gasteiger partial charge in [-0.05, 0) is 20.8 Å². The van der Waals surface area contributed by atoms with Crippen LogP contribution in [0.15, 0.2) is 0 Å². The third-order valence-electron chi connectivity index (χ3n) is 1.22. The van der Waals surface area contributed by atoms with Crippen LogP contribution in [0, 0.1) is 5.92 Å². The van der Waals surface area contributed by atoms with Crippen LogP contribution in [0.25, 0.3) is 0 Å². The van der Waals surface area contributed by atoms with E-state index >= 15 is 0 Å². The molecule has 0 heterocycles. The van der Waals surface area contributed by atoms with Crippen LogP contribution in [0.5, 0.6) is 0 Å². The Morgan fingerprint density at radius 3 is 1.00 bits per heavy atom. The molecule has 0 bridgehead atoms. The van der Waals surface area contributed by atoms with Crippen LogP contribution in [-0.2, 0) is 14.4 Å². The standard InChI is InChI=1S/C7H10O3.Sn/c1-4(8)7(5(2)9)6(3)10;/h7H,1-3H3;. The fourth-order valence-electron chi connectivity index (χ4n) is 0.859. The van der Waals surface area contributed by atoms with E-state index in [1.807, 2.05) is 0 Å². The maximum absolute atomic E-state index is 10.6. The van der Waals surface area contributed by atoms with Crippen molar-refractivity contribution in [1.82, 2.24) is 0 Å². The van der Waals surface area contributed by atoms with Crippen molar-refractivity contribution in [1.29, 1.82) is 0 Å². The van der Waals surface area contributed by atoms with Gasteiger partial charge >= 0.3 is 0 Å². The summed E-state index contributed by atoms with van der Waals surface area (Å²) in [7, 11) is 0. The summed E-state index contributed by atoms with van der Waals surface area (Å²) in [4.78, 5) is 31.8. The van der Waals surface area contributed by atoms with Crippen molar-refractivity contribution in [3.8, 4) is 0 Å². The molecule has 0 aliphatic rings. The first-order valence-electron chi connectivity index (χ1n) is 2.98. The predicted molar refractivity (Wildman–Crippen MR) is 41.3 cm³/mol. The van der Waals surface area contributed by atoms with E-state index in [4.69, 9.17) is 0 Å². The smallest absolute Gasteiger partial charge is 0.147 e. The second kappa shape index (κ2) is 5.46. The summed E-state index contributed by atoms with van der Waals surface area (Å²) < 4.78 is 0. The number of ketones is 3. The average Bonchev–Trinajstić information content (AvgIpc) is 1.59. The summed E-state index contributed by atoms with van der Waals surface area (Å²) in [6.45, 7) is 3.73. The van der Waals surface area contributed by atoms with Crippen LogP contribution in [-0.4, -0.2) is 41.3 Å². The summed E-state index contributed by atoms with van der Waals surface area (Å²) in [6.07, 6.45) is 0. The van der Waals surface area contributed by atoms with Gasteiger partial charge in [-0.1, -0.05) is 0 Å². The quantitative estimate of drug-likeness (QED) is 0.530. The minimum atomic E-state index is -1.03. The first-order chi connectivity index (χ1) is 4.46. The first kappa shape index (κ1) is 13.4. The fourth-order valence-corrected chi connectivity index (χ4v) is 0.859. The Kier molecular flexibility index (Phi) is 6.65. The molecule has 0 aromatic heterocycles. The molecular formula is C7H10O3Sn. The van der Waals surface area contributed by atoms with Gasteiger partial charge in [0, 0.05) is 23.9 Å². The Bertz CT molecular complexity index is 153. The molecule has 4 radical (unpaired) electrons. The van der Waals surface area contributed by atoms with Crippen LogP contribution in [0.4, 0.5) is 0 Å². The third-order valence-corrected chi connectivity index (χ3v) is 1.22. The van der Waals surface area contributed by atoms with Crippen LogP contribution < -0.4 is 0 Å². The fraction of sp³-hybridized carbons (Fsp3) is 0.571. The summed E-state index contributed by atoms with van der Waals surface area (Å²) in [5.74, 6) is -2.15. The van der Waals surface area contributed by atoms with E-state index in [0.29, 0.717) is 0 Å². The molecule has 0 atom stereocenters. The number of hydrogen-bond donors (Lipinski definition) is 0. The third kappa shape index (κ3) is 4.29. The summed E-state index contributed by atoms with van der Waals surface area (Å²) in [5, 5.41) is 0. The molecule has 0 aromatic carbocycles. The van der Waals surface area contributed by atoms with Gasteiger partial charge in [-0.25, -0.2) is 0 Å². The zero-order valence-corrected chi connectivity index (χ0v) is 9.66. The Morgan fingerprint density at radius 1 is 0.818 bits per heavy atom. The summed E-state index contributed by atoms with van der Waals surface area (Å²) in [5.41, 5.74) is 0. The number of rotatable bonds is 3. The maximum Gasteiger partial charge on any atom is 0.147 e. The molecular weight excluding hydrogens is 251 g/mol. The number of carbonyl (C=O) groups is 3.